The molecule has 2 heterocycles. The number of quaternary nitrogens is 1. The molecule has 13 heteroatoms. The van der Waals surface area contributed by atoms with Crippen LogP contribution >= 0.6 is 11.7 Å². The molecule has 0 radical (unpaired) electrons. The summed E-state index contributed by atoms with van der Waals surface area (Å²) in [5.74, 6) is -1.08. The lowest BCUT2D eigenvalue weighted by molar-refractivity contribution is -0.944. The number of likely N-dealkylation sites (N-methyl/N-ethyl adjacent to an activating group) is 1. The Morgan fingerprint density at radius 2 is 1.00 bits per heavy atom. The van der Waals surface area contributed by atoms with Gasteiger partial charge in [-0.1, -0.05) is 220 Å². The largest absolute Gasteiger partial charge is 0.462 e. The molecule has 0 N–H and O–H groups in total. The van der Waals surface area contributed by atoms with E-state index in [9.17, 15) is 19.2 Å². The molecular formula is C61H110N3O9S+. The molecule has 0 amide bonds. The van der Waals surface area contributed by atoms with Gasteiger partial charge in [-0.15, -0.1) is 0 Å². The first-order chi connectivity index (χ1) is 36.0. The van der Waals surface area contributed by atoms with Gasteiger partial charge in [-0.25, -0.2) is 0 Å². The van der Waals surface area contributed by atoms with Gasteiger partial charge in [0.1, 0.15) is 31.1 Å². The maximum atomic E-state index is 13.2. The third-order valence-corrected chi connectivity index (χ3v) is 15.5. The van der Waals surface area contributed by atoms with E-state index in [1.165, 1.54) is 140 Å². The molecule has 0 bridgehead atoms. The number of esters is 4. The van der Waals surface area contributed by atoms with Crippen LogP contribution in [0.15, 0.2) is 6.08 Å². The van der Waals surface area contributed by atoms with Gasteiger partial charge in [0.2, 0.25) is 6.23 Å². The van der Waals surface area contributed by atoms with Gasteiger partial charge in [-0.3, -0.25) is 23.7 Å². The van der Waals surface area contributed by atoms with Crippen molar-refractivity contribution in [3.63, 3.8) is 0 Å². The molecule has 1 aliphatic rings. The van der Waals surface area contributed by atoms with Crippen LogP contribution in [0, 0.1) is 5.92 Å². The third kappa shape index (κ3) is 34.7. The van der Waals surface area contributed by atoms with E-state index in [4.69, 9.17) is 23.7 Å². The third-order valence-electron chi connectivity index (χ3n) is 15.0. The minimum absolute atomic E-state index is 0.129. The van der Waals surface area contributed by atoms with Gasteiger partial charge in [0.25, 0.3) is 0 Å². The summed E-state index contributed by atoms with van der Waals surface area (Å²) in [6, 6.07) is 0. The van der Waals surface area contributed by atoms with Gasteiger partial charge < -0.3 is 23.7 Å². The molecule has 74 heavy (non-hydrogen) atoms. The molecule has 428 valence electrons. The maximum Gasteiger partial charge on any atom is 0.310 e. The molecule has 1 aromatic heterocycles. The van der Waals surface area contributed by atoms with Gasteiger partial charge >= 0.3 is 23.9 Å². The van der Waals surface area contributed by atoms with Crippen LogP contribution in [-0.4, -0.2) is 89.4 Å². The highest BCUT2D eigenvalue weighted by Crippen LogP contribution is 2.30. The number of hydrogen-bond acceptors (Lipinski definition) is 12. The predicted octanol–water partition coefficient (Wildman–Crippen LogP) is 16.3. The molecule has 3 atom stereocenters. The van der Waals surface area contributed by atoms with Gasteiger partial charge in [0.15, 0.2) is 6.10 Å². The minimum Gasteiger partial charge on any atom is -0.462 e. The highest BCUT2D eigenvalue weighted by atomic mass is 32.1. The monoisotopic (exact) mass is 1060 g/mol. The second kappa shape index (κ2) is 45.2. The van der Waals surface area contributed by atoms with Crippen molar-refractivity contribution in [2.45, 2.75) is 298 Å². The zero-order chi connectivity index (χ0) is 53.8. The number of hydrogen-bond donors (Lipinski definition) is 0. The average Bonchev–Trinajstić information content (AvgIpc) is 3.86. The van der Waals surface area contributed by atoms with Crippen LogP contribution < -0.4 is 0 Å². The van der Waals surface area contributed by atoms with Crippen LogP contribution in [0.4, 0.5) is 0 Å². The number of carbonyl (C=O) groups excluding carboxylic acids is 4. The summed E-state index contributed by atoms with van der Waals surface area (Å²) in [5.41, 5.74) is 2.92. The van der Waals surface area contributed by atoms with E-state index in [0.29, 0.717) is 43.3 Å². The topological polar surface area (TPSA) is 140 Å². The van der Waals surface area contributed by atoms with Crippen LogP contribution in [0.25, 0.3) is 5.57 Å². The van der Waals surface area contributed by atoms with Gasteiger partial charge in [-0.05, 0) is 31.6 Å². The van der Waals surface area contributed by atoms with Crippen LogP contribution in [0.1, 0.15) is 290 Å². The summed E-state index contributed by atoms with van der Waals surface area (Å²) in [4.78, 5) is 51.7. The summed E-state index contributed by atoms with van der Waals surface area (Å²) in [5, 5.41) is 0. The Morgan fingerprint density at radius 3 is 1.50 bits per heavy atom. The summed E-state index contributed by atoms with van der Waals surface area (Å²) in [6.45, 7) is 13.3. The Balaban J connectivity index is 1.71. The Morgan fingerprint density at radius 1 is 0.554 bits per heavy atom. The molecule has 3 unspecified atom stereocenters. The van der Waals surface area contributed by atoms with E-state index < -0.39 is 12.1 Å². The summed E-state index contributed by atoms with van der Waals surface area (Å²) in [7, 11) is 2.14. The van der Waals surface area contributed by atoms with E-state index in [-0.39, 0.29) is 49.7 Å². The van der Waals surface area contributed by atoms with Crippen LogP contribution in [0.3, 0.4) is 0 Å². The van der Waals surface area contributed by atoms with E-state index in [2.05, 4.69) is 49.6 Å². The molecule has 0 aliphatic carbocycles. The molecule has 0 aromatic carbocycles. The van der Waals surface area contributed by atoms with Gasteiger partial charge in [0.05, 0.1) is 31.9 Å². The normalized spacial score (nSPS) is 15.5. The number of ether oxygens (including phenoxy) is 5. The van der Waals surface area contributed by atoms with E-state index >= 15 is 0 Å². The summed E-state index contributed by atoms with van der Waals surface area (Å²) < 4.78 is 38.6. The van der Waals surface area contributed by atoms with Crippen molar-refractivity contribution >= 4 is 41.2 Å². The van der Waals surface area contributed by atoms with Gasteiger partial charge in [0, 0.05) is 51.2 Å². The molecule has 12 nitrogen and oxygen atoms in total. The van der Waals surface area contributed by atoms with Crippen LogP contribution in [-0.2, 0) is 49.5 Å². The number of aromatic nitrogens is 2. The highest BCUT2D eigenvalue weighted by molar-refractivity contribution is 6.99. The fourth-order valence-corrected chi connectivity index (χ4v) is 10.4. The molecule has 0 saturated heterocycles. The SMILES string of the molecule is CCCCCCCCCCCCCCCC(=O)OCC(COC(=O)CCCCCCCCCCCCCCC)OC(=O)CCCCCC(C)CC(=O)OC(C)[N+]1(C)CCC=C(c2nsnc2COCCCCC)C1. The lowest BCUT2D eigenvalue weighted by Crippen LogP contribution is -2.55. The van der Waals surface area contributed by atoms with Crippen LogP contribution in [0.2, 0.25) is 0 Å². The summed E-state index contributed by atoms with van der Waals surface area (Å²) >= 11 is 1.22. The standard InChI is InChI=1S/C61H110N3O9S/c1-7-10-13-15-17-19-21-23-25-27-29-31-35-42-57(65)70-49-55(50-71-58(66)43-36-32-30-28-26-24-22-20-18-16-14-11-8-2)73-59(67)44-37-33-34-40-52(4)47-60(68)72-53(5)64(6)45-39-41-54(48-64)61-56(62-74-63-61)51-69-46-38-12-9-3/h41,52-53,55H,7-40,42-51H2,1-6H3/q+1. The number of carbonyl (C=O) groups is 4. The highest BCUT2D eigenvalue weighted by Gasteiger charge is 2.36. The van der Waals surface area contributed by atoms with Crippen molar-refractivity contribution in [2.75, 3.05) is 40.0 Å². The molecule has 0 saturated carbocycles. The average molecular weight is 1060 g/mol. The molecule has 2 rings (SSSR count). The molecule has 1 aliphatic heterocycles. The Labute approximate surface area is 456 Å². The van der Waals surface area contributed by atoms with E-state index in [1.54, 1.807) is 0 Å². The second-order valence-corrected chi connectivity index (χ2v) is 22.7. The van der Waals surface area contributed by atoms with Crippen LogP contribution in [0.5, 0.6) is 0 Å². The summed E-state index contributed by atoms with van der Waals surface area (Å²) in [6.07, 6.45) is 41.7. The van der Waals surface area contributed by atoms with Crippen molar-refractivity contribution in [1.29, 1.82) is 0 Å². The first-order valence-corrected chi connectivity index (χ1v) is 31.4. The van der Waals surface area contributed by atoms with Crippen molar-refractivity contribution < 1.29 is 47.3 Å². The quantitative estimate of drug-likeness (QED) is 0.0266. The van der Waals surface area contributed by atoms with Crippen molar-refractivity contribution in [1.82, 2.24) is 8.75 Å². The number of rotatable bonds is 50. The number of nitrogens with zero attached hydrogens (tertiary/aromatic N) is 3. The molecule has 1 aromatic rings. The van der Waals surface area contributed by atoms with Crippen molar-refractivity contribution in [3.05, 3.63) is 17.5 Å². The maximum absolute atomic E-state index is 13.2. The molecular weight excluding hydrogens is 951 g/mol. The molecule has 0 spiro atoms. The predicted molar refractivity (Wildman–Crippen MR) is 302 cm³/mol. The fourth-order valence-electron chi connectivity index (χ4n) is 9.86. The fraction of sp³-hybridized carbons (Fsp3) is 0.869. The van der Waals surface area contributed by atoms with Gasteiger partial charge in [-0.2, -0.15) is 8.75 Å². The second-order valence-electron chi connectivity index (χ2n) is 22.2. The Hall–Kier alpha value is -2.90. The van der Waals surface area contributed by atoms with Crippen molar-refractivity contribution in [3.8, 4) is 0 Å². The Bertz CT molecular complexity index is 1560. The number of unbranched alkanes of at least 4 members (excludes halogenated alkanes) is 28. The first kappa shape index (κ1) is 67.2. The zero-order valence-electron chi connectivity index (χ0n) is 48.3. The zero-order valence-corrected chi connectivity index (χ0v) is 49.2. The molecule has 0 fully saturated rings. The minimum atomic E-state index is -0.847. The first-order valence-electron chi connectivity index (χ1n) is 30.6. The van der Waals surface area contributed by atoms with E-state index in [1.807, 2.05) is 6.92 Å². The smallest absolute Gasteiger partial charge is 0.310 e. The lowest BCUT2D eigenvalue weighted by Gasteiger charge is -2.41. The Kier molecular flexibility index (Phi) is 41.0. The van der Waals surface area contributed by atoms with E-state index in [0.717, 1.165) is 114 Å². The lowest BCUT2D eigenvalue weighted by atomic mass is 9.99. The van der Waals surface area contributed by atoms with Crippen molar-refractivity contribution in [2.24, 2.45) is 5.92 Å².